The Labute approximate surface area is 168 Å². The minimum absolute atomic E-state index is 0.0693. The van der Waals surface area contributed by atoms with Crippen molar-refractivity contribution in [1.82, 2.24) is 15.0 Å². The van der Waals surface area contributed by atoms with Crippen molar-refractivity contribution >= 4 is 29.1 Å². The number of benzene rings is 1. The first-order valence-corrected chi connectivity index (χ1v) is 8.84. The Morgan fingerprint density at radius 2 is 1.96 bits per heavy atom. The Hall–Kier alpha value is -2.24. The van der Waals surface area contributed by atoms with Gasteiger partial charge in [0.05, 0.1) is 12.0 Å². The van der Waals surface area contributed by atoms with Gasteiger partial charge in [-0.25, -0.2) is 0 Å². The molecule has 1 fully saturated rings. The predicted octanol–water partition coefficient (Wildman–Crippen LogP) is 4.30. The molecule has 0 bridgehead atoms. The summed E-state index contributed by atoms with van der Waals surface area (Å²) in [6.07, 6.45) is 0.988. The van der Waals surface area contributed by atoms with Gasteiger partial charge in [0, 0.05) is 12.1 Å². The Balaban J connectivity index is 1.74. The average Bonchev–Trinajstić information content (AvgIpc) is 2.99. The maximum Gasteiger partial charge on any atom is 0.471 e. The number of hydrogen-bond acceptors (Lipinski definition) is 4. The van der Waals surface area contributed by atoms with Crippen molar-refractivity contribution in [2.45, 2.75) is 30.4 Å². The Kier molecular flexibility index (Phi) is 5.11. The highest BCUT2D eigenvalue weighted by Gasteiger charge is 2.68. The molecule has 148 valence electrons. The molecular formula is C18H14Cl2F3N3O2. The van der Waals surface area contributed by atoms with Gasteiger partial charge in [0.1, 0.15) is 4.33 Å². The fourth-order valence-electron chi connectivity index (χ4n) is 2.73. The Morgan fingerprint density at radius 1 is 1.36 bits per heavy atom. The molecule has 0 saturated heterocycles. The van der Waals surface area contributed by atoms with E-state index in [0.717, 1.165) is 0 Å². The van der Waals surface area contributed by atoms with Crippen LogP contribution in [0.15, 0.2) is 28.8 Å². The van der Waals surface area contributed by atoms with E-state index in [4.69, 9.17) is 29.6 Å². The van der Waals surface area contributed by atoms with Gasteiger partial charge in [0.2, 0.25) is 11.7 Å². The van der Waals surface area contributed by atoms with Gasteiger partial charge in [-0.1, -0.05) is 35.3 Å². The van der Waals surface area contributed by atoms with Crippen molar-refractivity contribution in [2.75, 3.05) is 6.54 Å². The monoisotopic (exact) mass is 431 g/mol. The summed E-state index contributed by atoms with van der Waals surface area (Å²) in [5.41, 5.74) is 0.157. The van der Waals surface area contributed by atoms with E-state index in [0.29, 0.717) is 17.5 Å². The zero-order valence-corrected chi connectivity index (χ0v) is 16.1. The van der Waals surface area contributed by atoms with Crippen LogP contribution < -0.4 is 0 Å². The molecule has 1 aromatic heterocycles. The van der Waals surface area contributed by atoms with Gasteiger partial charge in [-0.2, -0.15) is 18.2 Å². The Morgan fingerprint density at radius 3 is 2.43 bits per heavy atom. The second-order valence-electron chi connectivity index (χ2n) is 6.70. The van der Waals surface area contributed by atoms with Crippen molar-refractivity contribution in [3.05, 3.63) is 35.7 Å². The summed E-state index contributed by atoms with van der Waals surface area (Å²) in [5.74, 6) is 0.572. The highest BCUT2D eigenvalue weighted by atomic mass is 35.5. The summed E-state index contributed by atoms with van der Waals surface area (Å²) in [4.78, 5) is 17.5. The number of terminal acetylenes is 1. The first-order chi connectivity index (χ1) is 13.0. The third-order valence-electron chi connectivity index (χ3n) is 4.55. The highest BCUT2D eigenvalue weighted by Crippen LogP contribution is 2.64. The van der Waals surface area contributed by atoms with Gasteiger partial charge in [0.15, 0.2) is 0 Å². The lowest BCUT2D eigenvalue weighted by molar-refractivity contribution is -0.159. The summed E-state index contributed by atoms with van der Waals surface area (Å²) < 4.78 is 40.8. The van der Waals surface area contributed by atoms with Gasteiger partial charge in [0.25, 0.3) is 0 Å². The quantitative estimate of drug-likeness (QED) is 0.522. The third-order valence-corrected chi connectivity index (χ3v) is 5.65. The lowest BCUT2D eigenvalue weighted by Crippen LogP contribution is -2.38. The van der Waals surface area contributed by atoms with Crippen LogP contribution in [0.3, 0.4) is 0 Å². The number of nitrogens with zero attached hydrogens (tertiary/aromatic N) is 3. The van der Waals surface area contributed by atoms with Gasteiger partial charge in [-0.3, -0.25) is 4.79 Å². The van der Waals surface area contributed by atoms with Gasteiger partial charge < -0.3 is 9.42 Å². The maximum absolute atomic E-state index is 12.7. The second-order valence-corrected chi connectivity index (χ2v) is 8.18. The fourth-order valence-corrected chi connectivity index (χ4v) is 3.42. The normalized spacial score (nSPS) is 20.5. The summed E-state index contributed by atoms with van der Waals surface area (Å²) in [5, 5.41) is 3.33. The van der Waals surface area contributed by atoms with Crippen LogP contribution in [0.4, 0.5) is 13.2 Å². The van der Waals surface area contributed by atoms with E-state index < -0.39 is 21.8 Å². The molecule has 3 rings (SSSR count). The molecule has 28 heavy (non-hydrogen) atoms. The van der Waals surface area contributed by atoms with E-state index in [1.165, 1.54) is 17.0 Å². The first kappa shape index (κ1) is 20.5. The molecule has 0 spiro atoms. The molecule has 1 aromatic carbocycles. The van der Waals surface area contributed by atoms with Crippen LogP contribution in [0.5, 0.6) is 0 Å². The molecule has 1 aliphatic carbocycles. The van der Waals surface area contributed by atoms with E-state index in [2.05, 4.69) is 20.6 Å². The van der Waals surface area contributed by atoms with Gasteiger partial charge in [-0.15, -0.1) is 29.6 Å². The predicted molar refractivity (Wildman–Crippen MR) is 96.1 cm³/mol. The minimum atomic E-state index is -4.71. The lowest BCUT2D eigenvalue weighted by Gasteiger charge is -2.25. The fraction of sp³-hybridized carbons (Fsp3) is 0.389. The van der Waals surface area contributed by atoms with Gasteiger partial charge in [-0.05, 0) is 18.9 Å². The van der Waals surface area contributed by atoms with E-state index in [-0.39, 0.29) is 24.8 Å². The van der Waals surface area contributed by atoms with E-state index in [1.54, 1.807) is 19.1 Å². The van der Waals surface area contributed by atoms with Crippen LogP contribution in [-0.2, 0) is 17.5 Å². The lowest BCUT2D eigenvalue weighted by atomic mass is 10.1. The van der Waals surface area contributed by atoms with Crippen LogP contribution in [0.25, 0.3) is 11.4 Å². The van der Waals surface area contributed by atoms with Crippen molar-refractivity contribution in [1.29, 1.82) is 0 Å². The minimum Gasteiger partial charge on any atom is -0.329 e. The number of aromatic nitrogens is 2. The number of carbonyl (C=O) groups is 1. The molecule has 5 nitrogen and oxygen atoms in total. The zero-order chi connectivity index (χ0) is 20.7. The molecular weight excluding hydrogens is 418 g/mol. The average molecular weight is 432 g/mol. The van der Waals surface area contributed by atoms with Crippen LogP contribution in [0, 0.1) is 17.8 Å². The number of alkyl halides is 5. The SMILES string of the molecule is C#CCN(Cc1ccc(-c2noc(C(F)(F)F)n2)cc1)C(=O)C1(C)CC1(Cl)Cl. The van der Waals surface area contributed by atoms with Crippen molar-refractivity contribution in [3.63, 3.8) is 0 Å². The van der Waals surface area contributed by atoms with Crippen LogP contribution in [0.1, 0.15) is 24.8 Å². The topological polar surface area (TPSA) is 59.2 Å². The largest absolute Gasteiger partial charge is 0.471 e. The number of hydrogen-bond donors (Lipinski definition) is 0. The molecule has 0 N–H and O–H groups in total. The number of amides is 1. The highest BCUT2D eigenvalue weighted by molar-refractivity contribution is 6.53. The molecule has 1 saturated carbocycles. The molecule has 1 heterocycles. The molecule has 0 aliphatic heterocycles. The molecule has 1 aliphatic rings. The van der Waals surface area contributed by atoms with E-state index in [9.17, 15) is 18.0 Å². The summed E-state index contributed by atoms with van der Waals surface area (Å²) in [6.45, 7) is 1.94. The van der Waals surface area contributed by atoms with Crippen LogP contribution in [-0.4, -0.2) is 31.8 Å². The molecule has 1 atom stereocenters. The van der Waals surface area contributed by atoms with Crippen molar-refractivity contribution in [2.24, 2.45) is 5.41 Å². The molecule has 1 amide bonds. The second kappa shape index (κ2) is 6.98. The smallest absolute Gasteiger partial charge is 0.329 e. The van der Waals surface area contributed by atoms with E-state index >= 15 is 0 Å². The molecule has 1 unspecified atom stereocenters. The van der Waals surface area contributed by atoms with E-state index in [1.807, 2.05) is 0 Å². The van der Waals surface area contributed by atoms with Crippen molar-refractivity contribution < 1.29 is 22.5 Å². The van der Waals surface area contributed by atoms with Crippen LogP contribution in [0.2, 0.25) is 0 Å². The molecule has 0 radical (unpaired) electrons. The molecule has 2 aromatic rings. The maximum atomic E-state index is 12.7. The summed E-state index contributed by atoms with van der Waals surface area (Å²) >= 11 is 12.2. The number of halogens is 5. The first-order valence-electron chi connectivity index (χ1n) is 8.09. The van der Waals surface area contributed by atoms with Crippen molar-refractivity contribution in [3.8, 4) is 23.7 Å². The zero-order valence-electron chi connectivity index (χ0n) is 14.6. The number of rotatable bonds is 5. The van der Waals surface area contributed by atoms with Gasteiger partial charge >= 0.3 is 12.1 Å². The summed E-state index contributed by atoms with van der Waals surface area (Å²) in [6, 6.07) is 6.34. The standard InChI is InChI=1S/C18H14Cl2F3N3O2/c1-3-8-26(15(27)16(2)10-17(16,19)20)9-11-4-6-12(7-5-11)13-24-14(28-25-13)18(21,22)23/h1,4-7H,8-10H2,2H3. The Bertz CT molecular complexity index is 935. The summed E-state index contributed by atoms with van der Waals surface area (Å²) in [7, 11) is 0. The van der Waals surface area contributed by atoms with Crippen LogP contribution >= 0.6 is 23.2 Å². The number of carbonyl (C=O) groups excluding carboxylic acids is 1. The third kappa shape index (κ3) is 3.82. The molecule has 10 heteroatoms.